The largest absolute Gasteiger partial charge is 0.279 e. The van der Waals surface area contributed by atoms with E-state index >= 15 is 0 Å². The Morgan fingerprint density at radius 3 is 2.52 bits per heavy atom. The molecule has 3 heterocycles. The van der Waals surface area contributed by atoms with E-state index in [0.29, 0.717) is 21.2 Å². The van der Waals surface area contributed by atoms with Crippen LogP contribution in [0.15, 0.2) is 60.9 Å². The predicted molar refractivity (Wildman–Crippen MR) is 123 cm³/mol. The van der Waals surface area contributed by atoms with Crippen molar-refractivity contribution in [2.45, 2.75) is 6.92 Å². The molecule has 0 bridgehead atoms. The van der Waals surface area contributed by atoms with Crippen LogP contribution in [0.1, 0.15) is 25.7 Å². The lowest BCUT2D eigenvalue weighted by atomic mass is 10.2. The van der Waals surface area contributed by atoms with Gasteiger partial charge < -0.3 is 0 Å². The molecule has 10 nitrogen and oxygen atoms in total. The van der Waals surface area contributed by atoms with Crippen molar-refractivity contribution in [1.82, 2.24) is 40.8 Å². The smallest absolute Gasteiger partial charge is 0.267 e. The minimum atomic E-state index is -0.453. The number of nitrogens with zero attached hydrogens (tertiary/aromatic N) is 6. The fraction of sp³-hybridized carbons (Fsp3) is 0.0476. The molecule has 0 saturated carbocycles. The van der Waals surface area contributed by atoms with E-state index in [4.69, 9.17) is 11.6 Å². The molecule has 0 aliphatic carbocycles. The molecule has 3 aromatic heterocycles. The summed E-state index contributed by atoms with van der Waals surface area (Å²) < 4.78 is 3.19. The Kier molecular flexibility index (Phi) is 5.32. The van der Waals surface area contributed by atoms with E-state index in [1.165, 1.54) is 22.3 Å². The number of nitrogens with one attached hydrogen (secondary N) is 2. The van der Waals surface area contributed by atoms with Gasteiger partial charge in [0, 0.05) is 10.9 Å². The number of hydrogen-bond donors (Lipinski definition) is 2. The maximum Gasteiger partial charge on any atom is 0.279 e. The van der Waals surface area contributed by atoms with Crippen molar-refractivity contribution in [2.75, 3.05) is 0 Å². The molecule has 5 rings (SSSR count). The topological polar surface area (TPSA) is 120 Å². The SMILES string of the molecule is Cc1nn(-c2ccccc2Cl)c2sc(C(=O)NNC(=O)c3ccc(-n4cnnn4)cc3)cc12. The third-order valence-electron chi connectivity index (χ3n) is 4.88. The first kappa shape index (κ1) is 20.8. The maximum atomic E-state index is 12.7. The Bertz CT molecular complexity index is 1470. The second kappa shape index (κ2) is 8.45. The van der Waals surface area contributed by atoms with E-state index in [9.17, 15) is 9.59 Å². The van der Waals surface area contributed by atoms with Crippen LogP contribution in [0.2, 0.25) is 5.02 Å². The highest BCUT2D eigenvalue weighted by Gasteiger charge is 2.19. The number of fused-ring (bicyclic) bond motifs is 1. The van der Waals surface area contributed by atoms with Crippen LogP contribution < -0.4 is 10.9 Å². The maximum absolute atomic E-state index is 12.7. The van der Waals surface area contributed by atoms with E-state index in [2.05, 4.69) is 31.5 Å². The summed E-state index contributed by atoms with van der Waals surface area (Å²) in [6, 6.07) is 15.7. The summed E-state index contributed by atoms with van der Waals surface area (Å²) in [7, 11) is 0. The lowest BCUT2D eigenvalue weighted by Crippen LogP contribution is -2.41. The zero-order valence-corrected chi connectivity index (χ0v) is 18.6. The molecule has 0 aliphatic heterocycles. The van der Waals surface area contributed by atoms with Gasteiger partial charge in [0.1, 0.15) is 11.2 Å². The van der Waals surface area contributed by atoms with Crippen molar-refractivity contribution in [3.8, 4) is 11.4 Å². The molecule has 164 valence electrons. The first-order valence-corrected chi connectivity index (χ1v) is 10.9. The fourth-order valence-electron chi connectivity index (χ4n) is 3.24. The number of aryl methyl sites for hydroxylation is 1. The van der Waals surface area contributed by atoms with Crippen molar-refractivity contribution in [3.63, 3.8) is 0 Å². The first-order valence-electron chi connectivity index (χ1n) is 9.69. The Morgan fingerprint density at radius 1 is 1.03 bits per heavy atom. The van der Waals surface area contributed by atoms with Crippen LogP contribution in [0.25, 0.3) is 21.6 Å². The number of benzene rings is 2. The van der Waals surface area contributed by atoms with Crippen molar-refractivity contribution >= 4 is 45.0 Å². The lowest BCUT2D eigenvalue weighted by molar-refractivity contribution is 0.0849. The summed E-state index contributed by atoms with van der Waals surface area (Å²) in [6.45, 7) is 1.87. The molecule has 5 aromatic rings. The van der Waals surface area contributed by atoms with Crippen LogP contribution in [-0.4, -0.2) is 41.8 Å². The highest BCUT2D eigenvalue weighted by atomic mass is 35.5. The van der Waals surface area contributed by atoms with Crippen LogP contribution >= 0.6 is 22.9 Å². The van der Waals surface area contributed by atoms with Gasteiger partial charge in [-0.1, -0.05) is 23.7 Å². The van der Waals surface area contributed by atoms with Gasteiger partial charge >= 0.3 is 0 Å². The van der Waals surface area contributed by atoms with E-state index in [0.717, 1.165) is 21.6 Å². The van der Waals surface area contributed by atoms with Crippen LogP contribution in [-0.2, 0) is 0 Å². The van der Waals surface area contributed by atoms with E-state index in [-0.39, 0.29) is 0 Å². The van der Waals surface area contributed by atoms with Gasteiger partial charge in [-0.2, -0.15) is 5.10 Å². The van der Waals surface area contributed by atoms with Gasteiger partial charge in [-0.05, 0) is 59.8 Å². The number of aromatic nitrogens is 6. The third kappa shape index (κ3) is 3.95. The molecule has 0 radical (unpaired) electrons. The summed E-state index contributed by atoms with van der Waals surface area (Å²) >= 11 is 7.59. The molecule has 0 atom stereocenters. The fourth-order valence-corrected chi connectivity index (χ4v) is 4.53. The molecular weight excluding hydrogens is 464 g/mol. The number of tetrazole rings is 1. The van der Waals surface area contributed by atoms with Crippen molar-refractivity contribution in [3.05, 3.63) is 82.1 Å². The minimum absolute atomic E-state index is 0.369. The van der Waals surface area contributed by atoms with Crippen LogP contribution in [0.4, 0.5) is 0 Å². The number of hydrazine groups is 1. The predicted octanol–water partition coefficient (Wildman–Crippen LogP) is 3.10. The molecule has 12 heteroatoms. The van der Waals surface area contributed by atoms with E-state index in [1.54, 1.807) is 41.1 Å². The van der Waals surface area contributed by atoms with E-state index in [1.807, 2.05) is 25.1 Å². The Hall–Kier alpha value is -4.09. The van der Waals surface area contributed by atoms with Gasteiger partial charge in [-0.3, -0.25) is 20.4 Å². The van der Waals surface area contributed by atoms with Crippen molar-refractivity contribution in [2.24, 2.45) is 0 Å². The molecule has 0 spiro atoms. The molecule has 0 fully saturated rings. The van der Waals surface area contributed by atoms with E-state index < -0.39 is 11.8 Å². The first-order chi connectivity index (χ1) is 16.0. The van der Waals surface area contributed by atoms with Gasteiger partial charge in [0.25, 0.3) is 11.8 Å². The highest BCUT2D eigenvalue weighted by Crippen LogP contribution is 2.32. The van der Waals surface area contributed by atoms with Crippen LogP contribution in [0.5, 0.6) is 0 Å². The highest BCUT2D eigenvalue weighted by molar-refractivity contribution is 7.20. The molecule has 2 amide bonds. The zero-order valence-electron chi connectivity index (χ0n) is 17.1. The lowest BCUT2D eigenvalue weighted by Gasteiger charge is -2.07. The second-order valence-corrected chi connectivity index (χ2v) is 8.43. The Morgan fingerprint density at radius 2 is 1.79 bits per heavy atom. The number of amides is 2. The molecule has 2 N–H and O–H groups in total. The standard InChI is InChI=1S/C21H15ClN8O2S/c1-12-15-10-18(33-21(15)30(26-12)17-5-3-2-4-16(17)22)20(32)25-24-19(31)13-6-8-14(9-7-13)29-11-23-27-28-29/h2-11H,1H3,(H,24,31)(H,25,32). The molecule has 33 heavy (non-hydrogen) atoms. The van der Waals surface area contributed by atoms with Gasteiger partial charge in [0.15, 0.2) is 0 Å². The number of carbonyl (C=O) groups excluding carboxylic acids is 2. The molecule has 0 saturated heterocycles. The number of para-hydroxylation sites is 1. The van der Waals surface area contributed by atoms with Gasteiger partial charge in [-0.25, -0.2) is 9.36 Å². The van der Waals surface area contributed by atoms with Gasteiger partial charge in [-0.15, -0.1) is 16.4 Å². The van der Waals surface area contributed by atoms with Crippen LogP contribution in [0, 0.1) is 6.92 Å². The zero-order chi connectivity index (χ0) is 22.9. The minimum Gasteiger partial charge on any atom is -0.267 e. The normalized spacial score (nSPS) is 11.0. The summed E-state index contributed by atoms with van der Waals surface area (Å²) in [5.41, 5.74) is 7.46. The molecule has 0 unspecified atom stereocenters. The molecule has 2 aromatic carbocycles. The summed E-state index contributed by atoms with van der Waals surface area (Å²) in [5.74, 6) is -0.883. The van der Waals surface area contributed by atoms with Gasteiger partial charge in [0.2, 0.25) is 0 Å². The Labute approximate surface area is 195 Å². The monoisotopic (exact) mass is 478 g/mol. The Balaban J connectivity index is 1.31. The van der Waals surface area contributed by atoms with Crippen LogP contribution in [0.3, 0.4) is 0 Å². The quantitative estimate of drug-likeness (QED) is 0.383. The molecule has 0 aliphatic rings. The number of rotatable bonds is 4. The number of hydrogen-bond acceptors (Lipinski definition) is 7. The number of halogens is 1. The van der Waals surface area contributed by atoms with Crippen molar-refractivity contribution < 1.29 is 9.59 Å². The van der Waals surface area contributed by atoms with Gasteiger partial charge in [0.05, 0.1) is 27.0 Å². The number of carbonyl (C=O) groups is 2. The van der Waals surface area contributed by atoms with Crippen molar-refractivity contribution in [1.29, 1.82) is 0 Å². The third-order valence-corrected chi connectivity index (χ3v) is 6.31. The summed E-state index contributed by atoms with van der Waals surface area (Å²) in [6.07, 6.45) is 1.45. The average molecular weight is 479 g/mol. The number of thiophene rings is 1. The second-order valence-electron chi connectivity index (χ2n) is 6.99. The summed E-state index contributed by atoms with van der Waals surface area (Å²) in [4.78, 5) is 26.3. The average Bonchev–Trinajstić information content (AvgIpc) is 3.57. The molecular formula is C21H15ClN8O2S. The summed E-state index contributed by atoms with van der Waals surface area (Å²) in [5, 5.41) is 16.9.